The lowest BCUT2D eigenvalue weighted by molar-refractivity contribution is -0.117. The van der Waals surface area contributed by atoms with Crippen LogP contribution in [-0.2, 0) is 10.2 Å². The Morgan fingerprint density at radius 2 is 2.26 bits per heavy atom. The first-order chi connectivity index (χ1) is 8.85. The molecule has 0 atom stereocenters. The highest BCUT2D eigenvalue weighted by atomic mass is 32.1. The van der Waals surface area contributed by atoms with E-state index in [1.54, 1.807) is 23.6 Å². The molecule has 1 heterocycles. The largest absolute Gasteiger partial charge is 0.334 e. The van der Waals surface area contributed by atoms with Gasteiger partial charge in [0.05, 0.1) is 11.1 Å². The van der Waals surface area contributed by atoms with Crippen molar-refractivity contribution in [1.29, 1.82) is 5.26 Å². The number of nitriles is 1. The zero-order chi connectivity index (χ0) is 14.1. The topological polar surface area (TPSA) is 65.8 Å². The van der Waals surface area contributed by atoms with Gasteiger partial charge in [-0.25, -0.2) is 4.98 Å². The molecule has 19 heavy (non-hydrogen) atoms. The van der Waals surface area contributed by atoms with Crippen LogP contribution < -0.4 is 5.32 Å². The fourth-order valence-corrected chi connectivity index (χ4v) is 2.41. The Kier molecular flexibility index (Phi) is 3.46. The highest BCUT2D eigenvalue weighted by Crippen LogP contribution is 2.34. The number of aromatic nitrogens is 1. The zero-order valence-corrected chi connectivity index (χ0v) is 12.2. The number of rotatable bonds is 3. The molecular formula is C14H17N3OS. The lowest BCUT2D eigenvalue weighted by Crippen LogP contribution is -2.34. The molecule has 0 aromatic carbocycles. The van der Waals surface area contributed by atoms with Gasteiger partial charge in [0.25, 0.3) is 0 Å². The van der Waals surface area contributed by atoms with Crippen molar-refractivity contribution in [2.75, 3.05) is 0 Å². The fourth-order valence-electron chi connectivity index (χ4n) is 1.54. The first-order valence-electron chi connectivity index (χ1n) is 6.22. The highest BCUT2D eigenvalue weighted by Gasteiger charge is 2.44. The van der Waals surface area contributed by atoms with Gasteiger partial charge in [-0.15, -0.1) is 11.3 Å². The van der Waals surface area contributed by atoms with Crippen molar-refractivity contribution in [3.8, 4) is 6.07 Å². The predicted octanol–water partition coefficient (Wildman–Crippen LogP) is 2.63. The summed E-state index contributed by atoms with van der Waals surface area (Å²) in [5.41, 5.74) is -0.580. The summed E-state index contributed by atoms with van der Waals surface area (Å²) in [5, 5.41) is 12.7. The van der Waals surface area contributed by atoms with Crippen LogP contribution in [0.3, 0.4) is 0 Å². The van der Waals surface area contributed by atoms with E-state index in [2.05, 4.69) is 37.1 Å². The number of nitrogens with zero attached hydrogens (tertiary/aromatic N) is 2. The minimum atomic E-state index is -0.605. The van der Waals surface area contributed by atoms with E-state index in [4.69, 9.17) is 5.26 Å². The number of carbonyl (C=O) groups excluding carboxylic acids is 1. The molecule has 0 bridgehead atoms. The van der Waals surface area contributed by atoms with Crippen LogP contribution in [0.25, 0.3) is 6.08 Å². The Morgan fingerprint density at radius 1 is 1.58 bits per heavy atom. The Hall–Kier alpha value is -1.67. The van der Waals surface area contributed by atoms with Crippen LogP contribution >= 0.6 is 11.3 Å². The Morgan fingerprint density at radius 3 is 2.74 bits per heavy atom. The second kappa shape index (κ2) is 4.78. The average molecular weight is 275 g/mol. The third-order valence-electron chi connectivity index (χ3n) is 2.89. The zero-order valence-electron chi connectivity index (χ0n) is 11.4. The average Bonchev–Trinajstić information content (AvgIpc) is 2.91. The summed E-state index contributed by atoms with van der Waals surface area (Å²) >= 11 is 1.58. The molecule has 0 unspecified atom stereocenters. The van der Waals surface area contributed by atoms with Gasteiger partial charge in [-0.3, -0.25) is 4.79 Å². The second-order valence-electron chi connectivity index (χ2n) is 5.83. The Balaban J connectivity index is 1.97. The smallest absolute Gasteiger partial charge is 0.245 e. The number of hydrogen-bond acceptors (Lipinski definition) is 4. The van der Waals surface area contributed by atoms with Crippen LogP contribution in [-0.4, -0.2) is 16.4 Å². The SMILES string of the molecule is CC(C)(C)c1ncc(/C=C/C(=O)NC2(C#N)CC2)s1. The maximum atomic E-state index is 11.7. The minimum absolute atomic E-state index is 0.0257. The van der Waals surface area contributed by atoms with Crippen LogP contribution in [0.4, 0.5) is 0 Å². The van der Waals surface area contributed by atoms with Gasteiger partial charge >= 0.3 is 0 Å². The molecule has 4 nitrogen and oxygen atoms in total. The number of hydrogen-bond donors (Lipinski definition) is 1. The van der Waals surface area contributed by atoms with E-state index in [1.807, 2.05) is 0 Å². The molecule has 1 amide bonds. The van der Waals surface area contributed by atoms with E-state index in [0.29, 0.717) is 0 Å². The van der Waals surface area contributed by atoms with Gasteiger partial charge in [-0.05, 0) is 18.9 Å². The van der Waals surface area contributed by atoms with E-state index in [0.717, 1.165) is 22.7 Å². The van der Waals surface area contributed by atoms with Crippen molar-refractivity contribution in [3.05, 3.63) is 22.2 Å². The molecule has 0 aliphatic heterocycles. The van der Waals surface area contributed by atoms with Crippen molar-refractivity contribution in [2.45, 2.75) is 44.6 Å². The summed E-state index contributed by atoms with van der Waals surface area (Å²) in [6, 6.07) is 2.13. The molecule has 1 aliphatic carbocycles. The first kappa shape index (κ1) is 13.8. The number of nitrogens with one attached hydrogen (secondary N) is 1. The van der Waals surface area contributed by atoms with Crippen LogP contribution in [0.1, 0.15) is 43.5 Å². The van der Waals surface area contributed by atoms with E-state index >= 15 is 0 Å². The quantitative estimate of drug-likeness (QED) is 0.862. The minimum Gasteiger partial charge on any atom is -0.334 e. The lowest BCUT2D eigenvalue weighted by Gasteiger charge is -2.13. The summed E-state index contributed by atoms with van der Waals surface area (Å²) in [6.45, 7) is 6.32. The third-order valence-corrected chi connectivity index (χ3v) is 4.28. The molecule has 1 fully saturated rings. The lowest BCUT2D eigenvalue weighted by atomic mass is 9.98. The molecular weight excluding hydrogens is 258 g/mol. The number of carbonyl (C=O) groups is 1. The fraction of sp³-hybridized carbons (Fsp3) is 0.500. The summed E-state index contributed by atoms with van der Waals surface area (Å²) in [7, 11) is 0. The third kappa shape index (κ3) is 3.42. The monoisotopic (exact) mass is 275 g/mol. The molecule has 1 N–H and O–H groups in total. The molecule has 1 saturated carbocycles. The van der Waals surface area contributed by atoms with Gasteiger partial charge in [0.1, 0.15) is 5.54 Å². The van der Waals surface area contributed by atoms with E-state index in [1.165, 1.54) is 6.08 Å². The maximum absolute atomic E-state index is 11.7. The maximum Gasteiger partial charge on any atom is 0.245 e. The first-order valence-corrected chi connectivity index (χ1v) is 7.04. The second-order valence-corrected chi connectivity index (χ2v) is 6.90. The van der Waals surface area contributed by atoms with Crippen LogP contribution in [0.15, 0.2) is 12.3 Å². The highest BCUT2D eigenvalue weighted by molar-refractivity contribution is 7.12. The summed E-state index contributed by atoms with van der Waals surface area (Å²) in [6.07, 6.45) is 6.48. The molecule has 5 heteroatoms. The normalized spacial score (nSPS) is 17.2. The van der Waals surface area contributed by atoms with Crippen molar-refractivity contribution >= 4 is 23.3 Å². The molecule has 1 aliphatic rings. The summed E-state index contributed by atoms with van der Waals surface area (Å²) < 4.78 is 0. The van der Waals surface area contributed by atoms with Crippen molar-refractivity contribution in [1.82, 2.24) is 10.3 Å². The molecule has 0 saturated heterocycles. The van der Waals surface area contributed by atoms with E-state index < -0.39 is 5.54 Å². The van der Waals surface area contributed by atoms with E-state index in [-0.39, 0.29) is 11.3 Å². The molecule has 1 aromatic heterocycles. The molecule has 0 radical (unpaired) electrons. The van der Waals surface area contributed by atoms with Gasteiger partial charge in [0.2, 0.25) is 5.91 Å². The number of thiazole rings is 1. The van der Waals surface area contributed by atoms with Gasteiger partial charge < -0.3 is 5.32 Å². The summed E-state index contributed by atoms with van der Waals surface area (Å²) in [4.78, 5) is 17.0. The Labute approximate surface area is 117 Å². The van der Waals surface area contributed by atoms with Crippen LogP contribution in [0.5, 0.6) is 0 Å². The van der Waals surface area contributed by atoms with Crippen molar-refractivity contribution in [2.24, 2.45) is 0 Å². The van der Waals surface area contributed by atoms with E-state index in [9.17, 15) is 4.79 Å². The van der Waals surface area contributed by atoms with Gasteiger partial charge in [0, 0.05) is 22.6 Å². The standard InChI is InChI=1S/C14H17N3OS/c1-13(2,3)12-16-8-10(19-12)4-5-11(18)17-14(9-15)6-7-14/h4-5,8H,6-7H2,1-3H3,(H,17,18)/b5-4+. The Bertz CT molecular complexity index is 556. The number of amides is 1. The molecule has 2 rings (SSSR count). The molecule has 100 valence electrons. The predicted molar refractivity (Wildman–Crippen MR) is 75.6 cm³/mol. The van der Waals surface area contributed by atoms with Gasteiger partial charge in [-0.2, -0.15) is 5.26 Å². The molecule has 1 aromatic rings. The van der Waals surface area contributed by atoms with Gasteiger partial charge in [-0.1, -0.05) is 20.8 Å². The van der Waals surface area contributed by atoms with Crippen LogP contribution in [0.2, 0.25) is 0 Å². The van der Waals surface area contributed by atoms with Crippen molar-refractivity contribution in [3.63, 3.8) is 0 Å². The van der Waals surface area contributed by atoms with Crippen LogP contribution in [0, 0.1) is 11.3 Å². The van der Waals surface area contributed by atoms with Crippen molar-refractivity contribution < 1.29 is 4.79 Å². The summed E-state index contributed by atoms with van der Waals surface area (Å²) in [5.74, 6) is -0.218. The molecule has 0 spiro atoms. The van der Waals surface area contributed by atoms with Gasteiger partial charge in [0.15, 0.2) is 0 Å².